The number of rotatable bonds is 7. The molecule has 0 radical (unpaired) electrons. The second-order valence-electron chi connectivity index (χ2n) is 4.70. The number of carbonyl (C=O) groups excluding carboxylic acids is 1. The van der Waals surface area contributed by atoms with E-state index in [0.717, 1.165) is 16.4 Å². The van der Waals surface area contributed by atoms with Crippen LogP contribution in [0.2, 0.25) is 5.02 Å². The number of likely N-dealkylation sites (N-methyl/N-ethyl adjacent to an activating group) is 2. The molecule has 0 heterocycles. The summed E-state index contributed by atoms with van der Waals surface area (Å²) in [6.45, 7) is 4.05. The van der Waals surface area contributed by atoms with Crippen molar-refractivity contribution in [3.8, 4) is 0 Å². The Balaban J connectivity index is 3.17. The molecule has 0 atom stereocenters. The molecule has 1 aromatic rings. The number of sulfonamides is 1. The van der Waals surface area contributed by atoms with Crippen molar-refractivity contribution >= 4 is 33.2 Å². The molecule has 23 heavy (non-hydrogen) atoms. The Kier molecular flexibility index (Phi) is 6.48. The standard InChI is InChI=1S/C13H18ClN3O5S/c1-4-16(5-2)13(18)9-15(3)23(21,22)12-7-6-10(14)8-11(12)17(19)20/h6-8H,4-5,9H2,1-3H3. The zero-order chi connectivity index (χ0) is 17.8. The molecule has 0 aliphatic carbocycles. The molecule has 1 aromatic carbocycles. The Hall–Kier alpha value is -1.71. The molecule has 0 aromatic heterocycles. The number of hydrogen-bond acceptors (Lipinski definition) is 5. The van der Waals surface area contributed by atoms with Crippen LogP contribution in [-0.2, 0) is 14.8 Å². The number of benzene rings is 1. The topological polar surface area (TPSA) is 101 Å². The van der Waals surface area contributed by atoms with Gasteiger partial charge in [0.2, 0.25) is 15.9 Å². The maximum absolute atomic E-state index is 12.5. The predicted octanol–water partition coefficient (Wildman–Crippen LogP) is 1.74. The van der Waals surface area contributed by atoms with E-state index in [9.17, 15) is 23.3 Å². The van der Waals surface area contributed by atoms with Gasteiger partial charge in [-0.2, -0.15) is 4.31 Å². The van der Waals surface area contributed by atoms with Crippen LogP contribution in [0.25, 0.3) is 0 Å². The van der Waals surface area contributed by atoms with Crippen molar-refractivity contribution in [2.75, 3.05) is 26.7 Å². The van der Waals surface area contributed by atoms with E-state index >= 15 is 0 Å². The minimum absolute atomic E-state index is 0.0533. The zero-order valence-electron chi connectivity index (χ0n) is 13.0. The molecule has 0 unspecified atom stereocenters. The van der Waals surface area contributed by atoms with E-state index in [1.54, 1.807) is 13.8 Å². The molecule has 0 aliphatic heterocycles. The Morgan fingerprint density at radius 3 is 2.35 bits per heavy atom. The number of carbonyl (C=O) groups is 1. The van der Waals surface area contributed by atoms with Crippen LogP contribution in [-0.4, -0.2) is 55.1 Å². The first-order chi connectivity index (χ1) is 10.6. The lowest BCUT2D eigenvalue weighted by atomic mass is 10.3. The molecular formula is C13H18ClN3O5S. The van der Waals surface area contributed by atoms with E-state index in [0.29, 0.717) is 13.1 Å². The van der Waals surface area contributed by atoms with Crippen molar-refractivity contribution in [1.29, 1.82) is 0 Å². The molecule has 0 saturated carbocycles. The maximum Gasteiger partial charge on any atom is 0.290 e. The third-order valence-corrected chi connectivity index (χ3v) is 5.37. The largest absolute Gasteiger partial charge is 0.342 e. The van der Waals surface area contributed by atoms with Crippen LogP contribution in [0.3, 0.4) is 0 Å². The van der Waals surface area contributed by atoms with Gasteiger partial charge in [0, 0.05) is 31.2 Å². The van der Waals surface area contributed by atoms with Gasteiger partial charge in [0.25, 0.3) is 5.69 Å². The van der Waals surface area contributed by atoms with Crippen LogP contribution >= 0.6 is 11.6 Å². The van der Waals surface area contributed by atoms with Crippen LogP contribution in [0.1, 0.15) is 13.8 Å². The molecule has 1 rings (SSSR count). The molecule has 10 heteroatoms. The van der Waals surface area contributed by atoms with Crippen LogP contribution < -0.4 is 0 Å². The molecule has 0 saturated heterocycles. The SMILES string of the molecule is CCN(CC)C(=O)CN(C)S(=O)(=O)c1ccc(Cl)cc1[N+](=O)[O-]. The molecule has 0 aliphatic rings. The van der Waals surface area contributed by atoms with Gasteiger partial charge in [-0.25, -0.2) is 8.42 Å². The van der Waals surface area contributed by atoms with Crippen molar-refractivity contribution in [3.05, 3.63) is 33.3 Å². The summed E-state index contributed by atoms with van der Waals surface area (Å²) in [5.74, 6) is -0.377. The summed E-state index contributed by atoms with van der Waals surface area (Å²) in [5, 5.41) is 11.1. The molecule has 8 nitrogen and oxygen atoms in total. The number of hydrogen-bond donors (Lipinski definition) is 0. The van der Waals surface area contributed by atoms with E-state index in [-0.39, 0.29) is 10.9 Å². The van der Waals surface area contributed by atoms with E-state index in [1.165, 1.54) is 18.0 Å². The molecule has 0 fully saturated rings. The second-order valence-corrected chi connectivity index (χ2v) is 7.15. The van der Waals surface area contributed by atoms with Gasteiger partial charge < -0.3 is 4.90 Å². The maximum atomic E-state index is 12.5. The van der Waals surface area contributed by atoms with Crippen molar-refractivity contribution in [2.24, 2.45) is 0 Å². The van der Waals surface area contributed by atoms with Crippen LogP contribution in [0.4, 0.5) is 5.69 Å². The zero-order valence-corrected chi connectivity index (χ0v) is 14.6. The average Bonchev–Trinajstić information content (AvgIpc) is 2.47. The highest BCUT2D eigenvalue weighted by molar-refractivity contribution is 7.89. The minimum atomic E-state index is -4.19. The van der Waals surface area contributed by atoms with Gasteiger partial charge in [-0.05, 0) is 26.0 Å². The molecular weight excluding hydrogens is 346 g/mol. The number of nitro benzene ring substituents is 1. The summed E-state index contributed by atoms with van der Waals surface area (Å²) >= 11 is 5.68. The van der Waals surface area contributed by atoms with E-state index < -0.39 is 32.1 Å². The van der Waals surface area contributed by atoms with Gasteiger partial charge >= 0.3 is 0 Å². The first-order valence-corrected chi connectivity index (χ1v) is 8.65. The fourth-order valence-electron chi connectivity index (χ4n) is 1.97. The first-order valence-electron chi connectivity index (χ1n) is 6.83. The van der Waals surface area contributed by atoms with E-state index in [1.807, 2.05) is 0 Å². The Bertz CT molecular complexity index is 704. The van der Waals surface area contributed by atoms with Crippen LogP contribution in [0, 0.1) is 10.1 Å². The third-order valence-electron chi connectivity index (χ3n) is 3.28. The molecule has 0 N–H and O–H groups in total. The third kappa shape index (κ3) is 4.40. The van der Waals surface area contributed by atoms with E-state index in [4.69, 9.17) is 11.6 Å². The molecule has 0 spiro atoms. The highest BCUT2D eigenvalue weighted by atomic mass is 35.5. The smallest absolute Gasteiger partial charge is 0.290 e. The Morgan fingerprint density at radius 1 is 1.30 bits per heavy atom. The number of nitro groups is 1. The summed E-state index contributed by atoms with van der Waals surface area (Å²) < 4.78 is 25.8. The Labute approximate surface area is 139 Å². The lowest BCUT2D eigenvalue weighted by Crippen LogP contribution is -2.41. The monoisotopic (exact) mass is 363 g/mol. The summed E-state index contributed by atoms with van der Waals surface area (Å²) in [6, 6.07) is 3.28. The summed E-state index contributed by atoms with van der Waals surface area (Å²) in [4.78, 5) is 23.2. The highest BCUT2D eigenvalue weighted by Crippen LogP contribution is 2.29. The highest BCUT2D eigenvalue weighted by Gasteiger charge is 2.31. The predicted molar refractivity (Wildman–Crippen MR) is 85.9 cm³/mol. The Morgan fingerprint density at radius 2 is 1.87 bits per heavy atom. The summed E-state index contributed by atoms with van der Waals surface area (Å²) in [6.07, 6.45) is 0. The van der Waals surface area contributed by atoms with Crippen molar-refractivity contribution in [3.63, 3.8) is 0 Å². The van der Waals surface area contributed by atoms with Gasteiger partial charge in [0.05, 0.1) is 11.5 Å². The quantitative estimate of drug-likeness (QED) is 0.542. The fourth-order valence-corrected chi connectivity index (χ4v) is 3.39. The fraction of sp³-hybridized carbons (Fsp3) is 0.462. The normalized spacial score (nSPS) is 11.5. The van der Waals surface area contributed by atoms with Gasteiger partial charge in [-0.1, -0.05) is 11.6 Å². The molecule has 1 amide bonds. The van der Waals surface area contributed by atoms with Crippen LogP contribution in [0.5, 0.6) is 0 Å². The minimum Gasteiger partial charge on any atom is -0.342 e. The van der Waals surface area contributed by atoms with Crippen molar-refractivity contribution in [2.45, 2.75) is 18.7 Å². The number of nitrogens with zero attached hydrogens (tertiary/aromatic N) is 3. The van der Waals surface area contributed by atoms with E-state index in [2.05, 4.69) is 0 Å². The molecule has 128 valence electrons. The van der Waals surface area contributed by atoms with Gasteiger partial charge in [-0.3, -0.25) is 14.9 Å². The summed E-state index contributed by atoms with van der Waals surface area (Å²) in [7, 11) is -2.99. The van der Waals surface area contributed by atoms with Gasteiger partial charge in [0.15, 0.2) is 4.90 Å². The lowest BCUT2D eigenvalue weighted by molar-refractivity contribution is -0.387. The molecule has 0 bridgehead atoms. The number of halogens is 1. The summed E-state index contributed by atoms with van der Waals surface area (Å²) in [5.41, 5.74) is -0.625. The number of amides is 1. The van der Waals surface area contributed by atoms with Gasteiger partial charge in [0.1, 0.15) is 0 Å². The average molecular weight is 364 g/mol. The second kappa shape index (κ2) is 7.71. The lowest BCUT2D eigenvalue weighted by Gasteiger charge is -2.22. The first kappa shape index (κ1) is 19.3. The van der Waals surface area contributed by atoms with Crippen molar-refractivity contribution in [1.82, 2.24) is 9.21 Å². The van der Waals surface area contributed by atoms with Gasteiger partial charge in [-0.15, -0.1) is 0 Å². The van der Waals surface area contributed by atoms with Crippen molar-refractivity contribution < 1.29 is 18.1 Å². The van der Waals surface area contributed by atoms with Crippen LogP contribution in [0.15, 0.2) is 23.1 Å².